The number of nitrogens with zero attached hydrogens (tertiary/aromatic N) is 1. The van der Waals surface area contributed by atoms with E-state index < -0.39 is 14.8 Å². The van der Waals surface area contributed by atoms with Crippen LogP contribution in [0.15, 0.2) is 0 Å². The molecular formula is C11H21NO3S. The quantitative estimate of drug-likeness (QED) is 0.692. The Morgan fingerprint density at radius 3 is 2.38 bits per heavy atom. The van der Waals surface area contributed by atoms with Gasteiger partial charge in [0.15, 0.2) is 0 Å². The second kappa shape index (κ2) is 3.68. The molecule has 0 amide bonds. The van der Waals surface area contributed by atoms with E-state index in [2.05, 4.69) is 0 Å². The lowest BCUT2D eigenvalue weighted by Gasteiger charge is -2.21. The number of hydrogen-bond donors (Lipinski definition) is 0. The van der Waals surface area contributed by atoms with E-state index in [9.17, 15) is 8.42 Å². The largest absolute Gasteiger partial charge is 0.380 e. The van der Waals surface area contributed by atoms with Crippen LogP contribution in [0, 0.1) is 0 Å². The van der Waals surface area contributed by atoms with Crippen LogP contribution in [0.2, 0.25) is 0 Å². The first-order valence-corrected chi connectivity index (χ1v) is 7.30. The molecular weight excluding hydrogens is 226 g/mol. The fourth-order valence-electron chi connectivity index (χ4n) is 2.60. The first-order chi connectivity index (χ1) is 7.30. The van der Waals surface area contributed by atoms with E-state index in [1.165, 1.54) is 0 Å². The minimum atomic E-state index is -3.18. The maximum Gasteiger partial charge on any atom is 0.219 e. The standard InChI is InChI=1S/C11H21NO3S/c1-11(2,3)16(13,14)12-8-6-5-7-9(15-4)10(8)12/h8-10H,5-7H2,1-4H3/t8-,9+,10-,12?/m0/s1. The van der Waals surface area contributed by atoms with Gasteiger partial charge < -0.3 is 4.74 Å². The van der Waals surface area contributed by atoms with Crippen LogP contribution in [0.5, 0.6) is 0 Å². The van der Waals surface area contributed by atoms with E-state index in [0.29, 0.717) is 0 Å². The summed E-state index contributed by atoms with van der Waals surface area (Å²) >= 11 is 0. The molecule has 16 heavy (non-hydrogen) atoms. The molecule has 4 nitrogen and oxygen atoms in total. The molecule has 1 saturated carbocycles. The summed E-state index contributed by atoms with van der Waals surface area (Å²) in [6.07, 6.45) is 3.12. The molecule has 0 N–H and O–H groups in total. The van der Waals surface area contributed by atoms with Crippen molar-refractivity contribution in [3.8, 4) is 0 Å². The van der Waals surface area contributed by atoms with E-state index in [1.807, 2.05) is 0 Å². The van der Waals surface area contributed by atoms with Gasteiger partial charge in [0.25, 0.3) is 0 Å². The highest BCUT2D eigenvalue weighted by Gasteiger charge is 2.62. The molecule has 1 aliphatic carbocycles. The Bertz CT molecular complexity index is 371. The van der Waals surface area contributed by atoms with Crippen molar-refractivity contribution in [3.63, 3.8) is 0 Å². The highest BCUT2D eigenvalue weighted by atomic mass is 32.2. The molecule has 94 valence electrons. The van der Waals surface area contributed by atoms with Crippen molar-refractivity contribution in [1.82, 2.24) is 4.31 Å². The molecule has 0 aromatic heterocycles. The molecule has 1 aliphatic heterocycles. The van der Waals surface area contributed by atoms with Crippen LogP contribution in [-0.2, 0) is 14.8 Å². The van der Waals surface area contributed by atoms with Crippen LogP contribution in [-0.4, -0.2) is 42.8 Å². The number of sulfonamides is 1. The summed E-state index contributed by atoms with van der Waals surface area (Å²) in [5.74, 6) is 0. The van der Waals surface area contributed by atoms with Gasteiger partial charge in [-0.1, -0.05) is 0 Å². The summed E-state index contributed by atoms with van der Waals surface area (Å²) in [5.41, 5.74) is 0. The van der Waals surface area contributed by atoms with E-state index >= 15 is 0 Å². The lowest BCUT2D eigenvalue weighted by atomic mass is 9.98. The molecule has 2 rings (SSSR count). The van der Waals surface area contributed by atoms with Crippen molar-refractivity contribution in [1.29, 1.82) is 0 Å². The van der Waals surface area contributed by atoms with Gasteiger partial charge in [-0.2, -0.15) is 4.31 Å². The third-order valence-electron chi connectivity index (χ3n) is 3.65. The molecule has 0 aromatic carbocycles. The summed E-state index contributed by atoms with van der Waals surface area (Å²) in [7, 11) is -1.50. The molecule has 1 saturated heterocycles. The smallest absolute Gasteiger partial charge is 0.219 e. The predicted molar refractivity (Wildman–Crippen MR) is 62.7 cm³/mol. The summed E-state index contributed by atoms with van der Waals surface area (Å²) in [6, 6.07) is 0.297. The number of methoxy groups -OCH3 is 1. The summed E-state index contributed by atoms with van der Waals surface area (Å²) in [6.45, 7) is 5.28. The van der Waals surface area contributed by atoms with Gasteiger partial charge in [-0.05, 0) is 40.0 Å². The molecule has 1 heterocycles. The normalized spacial score (nSPS) is 39.2. The van der Waals surface area contributed by atoms with Crippen molar-refractivity contribution in [3.05, 3.63) is 0 Å². The maximum absolute atomic E-state index is 12.3. The lowest BCUT2D eigenvalue weighted by molar-refractivity contribution is 0.0791. The van der Waals surface area contributed by atoms with Crippen molar-refractivity contribution < 1.29 is 13.2 Å². The van der Waals surface area contributed by atoms with Gasteiger partial charge in [0, 0.05) is 13.2 Å². The number of rotatable bonds is 2. The van der Waals surface area contributed by atoms with Crippen LogP contribution in [0.25, 0.3) is 0 Å². The fraction of sp³-hybridized carbons (Fsp3) is 1.00. The monoisotopic (exact) mass is 247 g/mol. The predicted octanol–water partition coefficient (Wildman–Crippen LogP) is 1.37. The Morgan fingerprint density at radius 2 is 1.88 bits per heavy atom. The first kappa shape index (κ1) is 12.3. The van der Waals surface area contributed by atoms with Crippen molar-refractivity contribution in [2.75, 3.05) is 7.11 Å². The maximum atomic E-state index is 12.3. The van der Waals surface area contributed by atoms with Gasteiger partial charge >= 0.3 is 0 Å². The van der Waals surface area contributed by atoms with Crippen molar-refractivity contribution in [2.45, 2.75) is 63.0 Å². The molecule has 0 radical (unpaired) electrons. The number of hydrogen-bond acceptors (Lipinski definition) is 3. The zero-order valence-electron chi connectivity index (χ0n) is 10.4. The van der Waals surface area contributed by atoms with Gasteiger partial charge in [0.2, 0.25) is 10.0 Å². The van der Waals surface area contributed by atoms with E-state index in [4.69, 9.17) is 4.74 Å². The first-order valence-electron chi connectivity index (χ1n) is 5.86. The van der Waals surface area contributed by atoms with Gasteiger partial charge in [0.1, 0.15) is 0 Å². The third-order valence-corrected chi connectivity index (χ3v) is 6.27. The Balaban J connectivity index is 2.21. The Kier molecular flexibility index (Phi) is 2.84. The van der Waals surface area contributed by atoms with Crippen LogP contribution in [0.1, 0.15) is 40.0 Å². The van der Waals surface area contributed by atoms with Gasteiger partial charge in [-0.25, -0.2) is 8.42 Å². The van der Waals surface area contributed by atoms with Crippen molar-refractivity contribution in [2.24, 2.45) is 0 Å². The lowest BCUT2D eigenvalue weighted by Crippen LogP contribution is -2.36. The highest BCUT2D eigenvalue weighted by Crippen LogP contribution is 2.46. The Hall–Kier alpha value is -0.130. The Morgan fingerprint density at radius 1 is 1.25 bits per heavy atom. The fourth-order valence-corrected chi connectivity index (χ4v) is 4.36. The van der Waals surface area contributed by atoms with Crippen LogP contribution >= 0.6 is 0 Å². The molecule has 5 heteroatoms. The van der Waals surface area contributed by atoms with Crippen LogP contribution in [0.4, 0.5) is 0 Å². The van der Waals surface area contributed by atoms with E-state index in [0.717, 1.165) is 19.3 Å². The van der Waals surface area contributed by atoms with E-state index in [1.54, 1.807) is 32.2 Å². The highest BCUT2D eigenvalue weighted by molar-refractivity contribution is 7.90. The van der Waals surface area contributed by atoms with Crippen LogP contribution in [0.3, 0.4) is 0 Å². The molecule has 0 aromatic rings. The molecule has 1 unspecified atom stereocenters. The molecule has 0 spiro atoms. The van der Waals surface area contributed by atoms with Gasteiger partial charge in [-0.3, -0.25) is 0 Å². The molecule has 2 aliphatic rings. The van der Waals surface area contributed by atoms with E-state index in [-0.39, 0.29) is 18.2 Å². The topological polar surface area (TPSA) is 46.4 Å². The second-order valence-electron chi connectivity index (χ2n) is 5.71. The van der Waals surface area contributed by atoms with Gasteiger partial charge in [0.05, 0.1) is 16.9 Å². The average Bonchev–Trinajstić information content (AvgIpc) is 2.89. The average molecular weight is 247 g/mol. The third kappa shape index (κ3) is 1.69. The Labute approximate surface area is 98.0 Å². The van der Waals surface area contributed by atoms with Crippen molar-refractivity contribution >= 4 is 10.0 Å². The summed E-state index contributed by atoms with van der Waals surface area (Å²) in [5, 5.41) is 0. The second-order valence-corrected chi connectivity index (χ2v) is 8.31. The minimum Gasteiger partial charge on any atom is -0.380 e. The summed E-state index contributed by atoms with van der Waals surface area (Å²) in [4.78, 5) is 0. The number of ether oxygens (including phenoxy) is 1. The zero-order valence-corrected chi connectivity index (χ0v) is 11.3. The zero-order chi connectivity index (χ0) is 12.1. The minimum absolute atomic E-state index is 0.0934. The molecule has 0 bridgehead atoms. The molecule has 4 atom stereocenters. The van der Waals surface area contributed by atoms with Gasteiger partial charge in [-0.15, -0.1) is 0 Å². The molecule has 2 fully saturated rings. The van der Waals surface area contributed by atoms with Crippen LogP contribution < -0.4 is 0 Å². The summed E-state index contributed by atoms with van der Waals surface area (Å²) < 4.78 is 31.0. The number of fused-ring (bicyclic) bond motifs is 1. The SMILES string of the molecule is CO[C@@H]1CCC[C@H]2[C@@H]1N2S(=O)(=O)C(C)(C)C.